The van der Waals surface area contributed by atoms with E-state index in [9.17, 15) is 13.6 Å². The first-order valence-corrected chi connectivity index (χ1v) is 7.51. The predicted octanol–water partition coefficient (Wildman–Crippen LogP) is 3.60. The highest BCUT2D eigenvalue weighted by Gasteiger charge is 2.12. The maximum absolute atomic E-state index is 13.8. The van der Waals surface area contributed by atoms with Gasteiger partial charge in [-0.1, -0.05) is 0 Å². The number of halogens is 2. The van der Waals surface area contributed by atoms with Gasteiger partial charge in [0.2, 0.25) is 0 Å². The van der Waals surface area contributed by atoms with Crippen LogP contribution in [-0.4, -0.2) is 31.5 Å². The van der Waals surface area contributed by atoms with Gasteiger partial charge in [0.05, 0.1) is 6.04 Å². The van der Waals surface area contributed by atoms with Crippen LogP contribution in [0.15, 0.2) is 42.5 Å². The molecule has 0 radical (unpaired) electrons. The Morgan fingerprint density at radius 3 is 2.46 bits per heavy atom. The first kappa shape index (κ1) is 17.7. The number of rotatable bonds is 6. The molecular weight excluding hydrogens is 314 g/mol. The van der Waals surface area contributed by atoms with Crippen LogP contribution >= 0.6 is 0 Å². The van der Waals surface area contributed by atoms with Gasteiger partial charge in [0.15, 0.2) is 6.61 Å². The van der Waals surface area contributed by atoms with Crippen molar-refractivity contribution in [2.45, 2.75) is 13.0 Å². The average Bonchev–Trinajstić information content (AvgIpc) is 2.55. The predicted molar refractivity (Wildman–Crippen MR) is 89.0 cm³/mol. The van der Waals surface area contributed by atoms with Gasteiger partial charge in [0.25, 0.3) is 5.91 Å². The molecule has 128 valence electrons. The van der Waals surface area contributed by atoms with Gasteiger partial charge in [0.1, 0.15) is 17.4 Å². The molecular formula is C18H20F2N2O2. The number of likely N-dealkylation sites (N-methyl/N-ethyl adjacent to an activating group) is 1. The summed E-state index contributed by atoms with van der Waals surface area (Å²) in [5, 5.41) is 3.10. The molecule has 0 fully saturated rings. The summed E-state index contributed by atoms with van der Waals surface area (Å²) in [7, 11) is 3.32. The Labute approximate surface area is 140 Å². The Hall–Kier alpha value is -2.63. The summed E-state index contributed by atoms with van der Waals surface area (Å²) in [5.41, 5.74) is 0.990. The quantitative estimate of drug-likeness (QED) is 0.877. The minimum atomic E-state index is -0.477. The van der Waals surface area contributed by atoms with E-state index in [-0.39, 0.29) is 18.1 Å². The maximum Gasteiger partial charge on any atom is 0.259 e. The number of amides is 1. The molecule has 24 heavy (non-hydrogen) atoms. The van der Waals surface area contributed by atoms with Crippen molar-refractivity contribution < 1.29 is 18.3 Å². The lowest BCUT2D eigenvalue weighted by Crippen LogP contribution is -2.27. The van der Waals surface area contributed by atoms with Crippen LogP contribution in [0.5, 0.6) is 5.75 Å². The van der Waals surface area contributed by atoms with Crippen molar-refractivity contribution in [1.82, 2.24) is 4.90 Å². The Bertz CT molecular complexity index is 703. The number of anilines is 1. The van der Waals surface area contributed by atoms with Crippen LogP contribution in [0.3, 0.4) is 0 Å². The van der Waals surface area contributed by atoms with E-state index < -0.39 is 17.7 Å². The van der Waals surface area contributed by atoms with E-state index in [1.165, 1.54) is 11.0 Å². The molecule has 0 saturated carbocycles. The Morgan fingerprint density at radius 2 is 1.83 bits per heavy atom. The Balaban J connectivity index is 1.98. The zero-order valence-corrected chi connectivity index (χ0v) is 13.8. The third-order valence-electron chi connectivity index (χ3n) is 3.52. The Morgan fingerprint density at radius 1 is 1.17 bits per heavy atom. The van der Waals surface area contributed by atoms with Crippen LogP contribution in [0, 0.1) is 11.6 Å². The van der Waals surface area contributed by atoms with Crippen LogP contribution in [0.1, 0.15) is 18.5 Å². The summed E-state index contributed by atoms with van der Waals surface area (Å²) in [5.74, 6) is -0.513. The van der Waals surface area contributed by atoms with E-state index >= 15 is 0 Å². The molecule has 0 spiro atoms. The molecule has 1 amide bonds. The third-order valence-corrected chi connectivity index (χ3v) is 3.52. The van der Waals surface area contributed by atoms with Crippen LogP contribution < -0.4 is 10.1 Å². The van der Waals surface area contributed by atoms with E-state index in [1.807, 2.05) is 0 Å². The maximum atomic E-state index is 13.8. The molecule has 6 heteroatoms. The molecule has 1 N–H and O–H groups in total. The minimum Gasteiger partial charge on any atom is -0.484 e. The molecule has 0 heterocycles. The molecule has 0 saturated heterocycles. The van der Waals surface area contributed by atoms with Crippen molar-refractivity contribution in [1.29, 1.82) is 0 Å². The largest absolute Gasteiger partial charge is 0.484 e. The highest BCUT2D eigenvalue weighted by Crippen LogP contribution is 2.24. The van der Waals surface area contributed by atoms with Crippen molar-refractivity contribution in [3.63, 3.8) is 0 Å². The molecule has 2 aromatic rings. The average molecular weight is 334 g/mol. The van der Waals surface area contributed by atoms with E-state index in [4.69, 9.17) is 4.74 Å². The molecule has 2 rings (SSSR count). The monoisotopic (exact) mass is 334 g/mol. The molecule has 0 aliphatic heterocycles. The van der Waals surface area contributed by atoms with Gasteiger partial charge < -0.3 is 15.0 Å². The van der Waals surface area contributed by atoms with Crippen molar-refractivity contribution >= 4 is 11.6 Å². The van der Waals surface area contributed by atoms with Crippen molar-refractivity contribution in [2.75, 3.05) is 26.0 Å². The second-order valence-electron chi connectivity index (χ2n) is 5.63. The van der Waals surface area contributed by atoms with E-state index in [0.29, 0.717) is 5.75 Å². The van der Waals surface area contributed by atoms with Crippen molar-refractivity contribution in [2.24, 2.45) is 0 Å². The third kappa shape index (κ3) is 4.68. The molecule has 4 nitrogen and oxygen atoms in total. The van der Waals surface area contributed by atoms with Crippen LogP contribution in [0.2, 0.25) is 0 Å². The molecule has 0 aromatic heterocycles. The summed E-state index contributed by atoms with van der Waals surface area (Å²) < 4.78 is 32.4. The topological polar surface area (TPSA) is 41.6 Å². The lowest BCUT2D eigenvalue weighted by molar-refractivity contribution is -0.130. The van der Waals surface area contributed by atoms with Crippen molar-refractivity contribution in [3.8, 4) is 5.75 Å². The number of carbonyl (C=O) groups is 1. The standard InChI is InChI=1S/C18H20F2N2O2/c1-12(16-10-13(19)4-9-17(16)20)21-14-5-7-15(8-6-14)24-11-18(23)22(2)3/h4-10,12,21H,11H2,1-3H3. The zero-order valence-electron chi connectivity index (χ0n) is 13.8. The number of carbonyl (C=O) groups excluding carboxylic acids is 1. The number of nitrogens with zero attached hydrogens (tertiary/aromatic N) is 1. The number of hydrogen-bond acceptors (Lipinski definition) is 3. The van der Waals surface area contributed by atoms with Crippen LogP contribution in [-0.2, 0) is 4.79 Å². The first-order valence-electron chi connectivity index (χ1n) is 7.51. The van der Waals surface area contributed by atoms with Gasteiger partial charge in [-0.2, -0.15) is 0 Å². The molecule has 0 bridgehead atoms. The lowest BCUT2D eigenvalue weighted by Gasteiger charge is -2.17. The fraction of sp³-hybridized carbons (Fsp3) is 0.278. The van der Waals surface area contributed by atoms with E-state index in [1.54, 1.807) is 45.3 Å². The zero-order chi connectivity index (χ0) is 17.7. The Kier molecular flexibility index (Phi) is 5.73. The number of ether oxygens (including phenoxy) is 1. The smallest absolute Gasteiger partial charge is 0.259 e. The summed E-state index contributed by atoms with van der Waals surface area (Å²) in [6.45, 7) is 1.71. The van der Waals surface area contributed by atoms with Crippen LogP contribution in [0.4, 0.5) is 14.5 Å². The molecule has 1 unspecified atom stereocenters. The van der Waals surface area contributed by atoms with E-state index in [0.717, 1.165) is 17.8 Å². The molecule has 2 aromatic carbocycles. The highest BCUT2D eigenvalue weighted by atomic mass is 19.1. The van der Waals surface area contributed by atoms with Crippen molar-refractivity contribution in [3.05, 3.63) is 59.7 Å². The number of nitrogens with one attached hydrogen (secondary N) is 1. The fourth-order valence-corrected chi connectivity index (χ4v) is 2.10. The summed E-state index contributed by atoms with van der Waals surface area (Å²) in [4.78, 5) is 12.9. The second-order valence-corrected chi connectivity index (χ2v) is 5.63. The van der Waals surface area contributed by atoms with Gasteiger partial charge in [-0.05, 0) is 49.4 Å². The SMILES string of the molecule is CC(Nc1ccc(OCC(=O)N(C)C)cc1)c1cc(F)ccc1F. The fourth-order valence-electron chi connectivity index (χ4n) is 2.10. The summed E-state index contributed by atoms with van der Waals surface area (Å²) in [6, 6.07) is 9.90. The van der Waals surface area contributed by atoms with E-state index in [2.05, 4.69) is 5.32 Å². The first-order chi connectivity index (χ1) is 11.4. The molecule has 1 atom stereocenters. The van der Waals surface area contributed by atoms with Gasteiger partial charge in [0, 0.05) is 25.3 Å². The van der Waals surface area contributed by atoms with Gasteiger partial charge in [-0.3, -0.25) is 4.79 Å². The van der Waals surface area contributed by atoms with Crippen LogP contribution in [0.25, 0.3) is 0 Å². The summed E-state index contributed by atoms with van der Waals surface area (Å²) in [6.07, 6.45) is 0. The number of benzene rings is 2. The van der Waals surface area contributed by atoms with Gasteiger partial charge in [-0.25, -0.2) is 8.78 Å². The summed E-state index contributed by atoms with van der Waals surface area (Å²) >= 11 is 0. The molecule has 0 aliphatic carbocycles. The second kappa shape index (κ2) is 7.77. The normalized spacial score (nSPS) is 11.7. The lowest BCUT2D eigenvalue weighted by atomic mass is 10.1. The minimum absolute atomic E-state index is 0.0370. The molecule has 0 aliphatic rings. The number of hydrogen-bond donors (Lipinski definition) is 1. The van der Waals surface area contributed by atoms with Gasteiger partial charge in [-0.15, -0.1) is 0 Å². The van der Waals surface area contributed by atoms with Gasteiger partial charge >= 0.3 is 0 Å². The highest BCUT2D eigenvalue weighted by molar-refractivity contribution is 5.77.